The van der Waals surface area contributed by atoms with E-state index in [9.17, 15) is 14.4 Å². The van der Waals surface area contributed by atoms with Crippen molar-refractivity contribution >= 4 is 17.8 Å². The number of hydrogen-bond donors (Lipinski definition) is 0. The van der Waals surface area contributed by atoms with E-state index >= 15 is 0 Å². The SMILES string of the molecule is Cc1ccc(CN(C)CN2C(=O)C(=O)N(C3CCCC3)C2=O)c(C)c1. The van der Waals surface area contributed by atoms with E-state index in [1.807, 2.05) is 31.9 Å². The lowest BCUT2D eigenvalue weighted by Gasteiger charge is -2.24. The van der Waals surface area contributed by atoms with Gasteiger partial charge >= 0.3 is 17.8 Å². The van der Waals surface area contributed by atoms with Crippen molar-refractivity contribution in [2.45, 2.75) is 52.1 Å². The Morgan fingerprint density at radius 1 is 1.08 bits per heavy atom. The molecule has 0 N–H and O–H groups in total. The molecule has 3 rings (SSSR count). The van der Waals surface area contributed by atoms with Crippen molar-refractivity contribution in [1.82, 2.24) is 14.7 Å². The number of rotatable bonds is 5. The fraction of sp³-hybridized carbons (Fsp3) is 0.526. The highest BCUT2D eigenvalue weighted by molar-refractivity contribution is 6.44. The summed E-state index contributed by atoms with van der Waals surface area (Å²) in [5.74, 6) is -1.37. The third-order valence-corrected chi connectivity index (χ3v) is 5.09. The van der Waals surface area contributed by atoms with Crippen LogP contribution in [-0.4, -0.2) is 52.3 Å². The first-order valence-corrected chi connectivity index (χ1v) is 8.82. The number of urea groups is 1. The van der Waals surface area contributed by atoms with Crippen molar-refractivity contribution in [2.75, 3.05) is 13.7 Å². The van der Waals surface area contributed by atoms with Crippen LogP contribution in [0.4, 0.5) is 4.79 Å². The van der Waals surface area contributed by atoms with Crippen LogP contribution >= 0.6 is 0 Å². The minimum absolute atomic E-state index is 0.112. The highest BCUT2D eigenvalue weighted by Gasteiger charge is 2.48. The lowest BCUT2D eigenvalue weighted by Crippen LogP contribution is -2.42. The fourth-order valence-corrected chi connectivity index (χ4v) is 3.74. The van der Waals surface area contributed by atoms with Crippen LogP contribution in [0.15, 0.2) is 18.2 Å². The number of aryl methyl sites for hydroxylation is 2. The molecule has 1 aliphatic carbocycles. The molecule has 2 aliphatic rings. The molecule has 1 aromatic rings. The van der Waals surface area contributed by atoms with E-state index in [1.54, 1.807) is 0 Å². The van der Waals surface area contributed by atoms with Gasteiger partial charge in [-0.1, -0.05) is 36.6 Å². The van der Waals surface area contributed by atoms with Crippen molar-refractivity contribution in [3.63, 3.8) is 0 Å². The van der Waals surface area contributed by atoms with Gasteiger partial charge in [-0.3, -0.25) is 19.4 Å². The summed E-state index contributed by atoms with van der Waals surface area (Å²) in [6.45, 7) is 4.83. The number of hydrogen-bond acceptors (Lipinski definition) is 4. The van der Waals surface area contributed by atoms with Crippen molar-refractivity contribution in [3.8, 4) is 0 Å². The average molecular weight is 343 g/mol. The second kappa shape index (κ2) is 6.96. The summed E-state index contributed by atoms with van der Waals surface area (Å²) >= 11 is 0. The third-order valence-electron chi connectivity index (χ3n) is 5.09. The van der Waals surface area contributed by atoms with Crippen LogP contribution in [0.3, 0.4) is 0 Å². The summed E-state index contributed by atoms with van der Waals surface area (Å²) in [4.78, 5) is 41.2. The zero-order valence-electron chi connectivity index (χ0n) is 15.1. The number of amides is 4. The van der Waals surface area contributed by atoms with Crippen molar-refractivity contribution < 1.29 is 14.4 Å². The van der Waals surface area contributed by atoms with Gasteiger partial charge in [0.2, 0.25) is 0 Å². The molecule has 0 atom stereocenters. The van der Waals surface area contributed by atoms with Crippen LogP contribution in [0.1, 0.15) is 42.4 Å². The monoisotopic (exact) mass is 343 g/mol. The van der Waals surface area contributed by atoms with E-state index in [1.165, 1.54) is 16.0 Å². The highest BCUT2D eigenvalue weighted by atomic mass is 16.2. The van der Waals surface area contributed by atoms with E-state index in [0.29, 0.717) is 6.54 Å². The molecular weight excluding hydrogens is 318 g/mol. The molecule has 2 fully saturated rings. The minimum Gasteiger partial charge on any atom is -0.284 e. The van der Waals surface area contributed by atoms with Crippen molar-refractivity contribution in [1.29, 1.82) is 0 Å². The minimum atomic E-state index is -0.704. The van der Waals surface area contributed by atoms with Gasteiger partial charge in [-0.25, -0.2) is 9.69 Å². The van der Waals surface area contributed by atoms with Gasteiger partial charge in [0.25, 0.3) is 0 Å². The second-order valence-electron chi connectivity index (χ2n) is 7.21. The molecule has 1 saturated heterocycles. The zero-order chi connectivity index (χ0) is 18.1. The van der Waals surface area contributed by atoms with Gasteiger partial charge in [0, 0.05) is 12.6 Å². The lowest BCUT2D eigenvalue weighted by atomic mass is 10.1. The molecule has 1 saturated carbocycles. The van der Waals surface area contributed by atoms with Gasteiger partial charge in [0.05, 0.1) is 6.67 Å². The van der Waals surface area contributed by atoms with E-state index in [-0.39, 0.29) is 12.7 Å². The van der Waals surface area contributed by atoms with Crippen LogP contribution < -0.4 is 0 Å². The van der Waals surface area contributed by atoms with Crippen LogP contribution in [0.5, 0.6) is 0 Å². The third kappa shape index (κ3) is 3.44. The van der Waals surface area contributed by atoms with Gasteiger partial charge in [0.1, 0.15) is 0 Å². The van der Waals surface area contributed by atoms with Gasteiger partial charge in [-0.2, -0.15) is 0 Å². The molecular formula is C19H25N3O3. The Bertz CT molecular complexity index is 710. The van der Waals surface area contributed by atoms with E-state index in [2.05, 4.69) is 12.1 Å². The van der Waals surface area contributed by atoms with Gasteiger partial charge in [0.15, 0.2) is 0 Å². The Labute approximate surface area is 148 Å². The highest BCUT2D eigenvalue weighted by Crippen LogP contribution is 2.27. The maximum atomic E-state index is 12.6. The summed E-state index contributed by atoms with van der Waals surface area (Å²) in [6, 6.07) is 5.65. The molecule has 134 valence electrons. The molecule has 0 bridgehead atoms. The Kier molecular flexibility index (Phi) is 4.90. The zero-order valence-corrected chi connectivity index (χ0v) is 15.1. The van der Waals surface area contributed by atoms with Gasteiger partial charge < -0.3 is 0 Å². The predicted octanol–water partition coefficient (Wildman–Crippen LogP) is 2.43. The van der Waals surface area contributed by atoms with E-state index in [0.717, 1.165) is 36.1 Å². The number of imide groups is 2. The first-order chi connectivity index (χ1) is 11.9. The second-order valence-corrected chi connectivity index (χ2v) is 7.21. The summed E-state index contributed by atoms with van der Waals surface area (Å²) < 4.78 is 0. The predicted molar refractivity (Wildman–Crippen MR) is 93.6 cm³/mol. The molecule has 0 unspecified atom stereocenters. The normalized spacial score (nSPS) is 19.0. The molecule has 6 heteroatoms. The van der Waals surface area contributed by atoms with Crippen LogP contribution in [0.25, 0.3) is 0 Å². The van der Waals surface area contributed by atoms with Crippen molar-refractivity contribution in [3.05, 3.63) is 34.9 Å². The first kappa shape index (κ1) is 17.6. The molecule has 0 spiro atoms. The quantitative estimate of drug-likeness (QED) is 0.608. The average Bonchev–Trinajstić information content (AvgIpc) is 3.14. The molecule has 0 radical (unpaired) electrons. The van der Waals surface area contributed by atoms with Gasteiger partial charge in [-0.15, -0.1) is 0 Å². The first-order valence-electron chi connectivity index (χ1n) is 8.82. The van der Waals surface area contributed by atoms with E-state index < -0.39 is 17.8 Å². The molecule has 25 heavy (non-hydrogen) atoms. The molecule has 1 aromatic carbocycles. The summed E-state index contributed by atoms with van der Waals surface area (Å²) in [5.41, 5.74) is 3.52. The van der Waals surface area contributed by atoms with Gasteiger partial charge in [-0.05, 0) is 44.9 Å². The van der Waals surface area contributed by atoms with Crippen LogP contribution in [0.2, 0.25) is 0 Å². The van der Waals surface area contributed by atoms with E-state index in [4.69, 9.17) is 0 Å². The standard InChI is InChI=1S/C19H25N3O3/c1-13-8-9-15(14(2)10-13)11-20(3)12-21-17(23)18(24)22(19(21)25)16-6-4-5-7-16/h8-10,16H,4-7,11-12H2,1-3H3. The summed E-state index contributed by atoms with van der Waals surface area (Å²) in [7, 11) is 1.85. The molecule has 6 nitrogen and oxygen atoms in total. The fourth-order valence-electron chi connectivity index (χ4n) is 3.74. The van der Waals surface area contributed by atoms with Crippen LogP contribution in [0, 0.1) is 13.8 Å². The maximum Gasteiger partial charge on any atom is 0.335 e. The lowest BCUT2D eigenvalue weighted by molar-refractivity contribution is -0.144. The number of nitrogens with zero attached hydrogens (tertiary/aromatic N) is 3. The van der Waals surface area contributed by atoms with Crippen molar-refractivity contribution in [2.24, 2.45) is 0 Å². The summed E-state index contributed by atoms with van der Waals surface area (Å²) in [5, 5.41) is 0. The largest absolute Gasteiger partial charge is 0.335 e. The number of benzene rings is 1. The topological polar surface area (TPSA) is 60.9 Å². The summed E-state index contributed by atoms with van der Waals surface area (Å²) in [6.07, 6.45) is 3.61. The Morgan fingerprint density at radius 3 is 2.40 bits per heavy atom. The Morgan fingerprint density at radius 2 is 1.76 bits per heavy atom. The molecule has 1 heterocycles. The number of carbonyl (C=O) groups excluding carboxylic acids is 3. The van der Waals surface area contributed by atoms with Crippen LogP contribution in [-0.2, 0) is 16.1 Å². The Hall–Kier alpha value is -2.21. The molecule has 0 aromatic heterocycles. The number of carbonyl (C=O) groups is 3. The smallest absolute Gasteiger partial charge is 0.284 e. The maximum absolute atomic E-state index is 12.6. The Balaban J connectivity index is 1.68. The molecule has 1 aliphatic heterocycles. The molecule has 4 amide bonds.